The van der Waals surface area contributed by atoms with Crippen LogP contribution in [0, 0.1) is 34.5 Å². The average molecular weight is 538 g/mol. The minimum absolute atomic E-state index is 0.181. The van der Waals surface area contributed by atoms with Gasteiger partial charge in [0.05, 0.1) is 6.26 Å². The first kappa shape index (κ1) is 31.9. The number of allylic oxidation sites excluding steroid dienone is 3. The first-order valence-corrected chi connectivity index (χ1v) is 8.60. The Balaban J connectivity index is 0.000000561. The van der Waals surface area contributed by atoms with Gasteiger partial charge in [0.15, 0.2) is 58.2 Å². The van der Waals surface area contributed by atoms with Crippen LogP contribution in [0.4, 0.5) is 43.9 Å². The molecule has 2 atom stereocenters. The highest BCUT2D eigenvalue weighted by molar-refractivity contribution is 5.88. The second-order valence-corrected chi connectivity index (χ2v) is 6.06. The number of aliphatic carboxylic acids is 1. The van der Waals surface area contributed by atoms with Crippen LogP contribution in [0.1, 0.15) is 17.3 Å². The third-order valence-corrected chi connectivity index (χ3v) is 3.93. The smallest absolute Gasteiger partial charge is 0.341 e. The maximum absolute atomic E-state index is 13.3. The Morgan fingerprint density at radius 3 is 1.53 bits per heavy atom. The number of benzene rings is 1. The molecule has 0 spiro atoms. The minimum atomic E-state index is -3.26. The topological polar surface area (TPSA) is 101 Å². The summed E-state index contributed by atoms with van der Waals surface area (Å²) in [6, 6.07) is 0. The molecule has 1 aliphatic carbocycles. The maximum Gasteiger partial charge on any atom is 0.341 e. The summed E-state index contributed by atoms with van der Waals surface area (Å²) < 4.78 is 131. The van der Waals surface area contributed by atoms with Crippen molar-refractivity contribution < 1.29 is 73.2 Å². The molecule has 1 aliphatic rings. The Labute approximate surface area is 194 Å². The van der Waals surface area contributed by atoms with E-state index >= 15 is 0 Å². The number of esters is 1. The largest absolute Gasteiger partial charge is 0.480 e. The lowest BCUT2D eigenvalue weighted by Gasteiger charge is -2.29. The van der Waals surface area contributed by atoms with Gasteiger partial charge in [0.2, 0.25) is 5.82 Å². The number of hydrogen-bond donors (Lipinski definition) is 2. The molecule has 0 aliphatic heterocycles. The van der Waals surface area contributed by atoms with E-state index in [1.54, 1.807) is 0 Å². The molecule has 0 amide bonds. The van der Waals surface area contributed by atoms with Gasteiger partial charge in [-0.3, -0.25) is 9.59 Å². The van der Waals surface area contributed by atoms with Crippen LogP contribution in [0.25, 0.3) is 0 Å². The Morgan fingerprint density at radius 1 is 0.833 bits per heavy atom. The second kappa shape index (κ2) is 12.6. The van der Waals surface area contributed by atoms with Crippen LogP contribution in [-0.4, -0.2) is 34.3 Å². The molecule has 2 unspecified atom stereocenters. The summed E-state index contributed by atoms with van der Waals surface area (Å²) in [4.78, 5) is 30.5. The summed E-state index contributed by atoms with van der Waals surface area (Å²) in [5.74, 6) is -25.7. The molecule has 198 valence electrons. The first-order valence-electron chi connectivity index (χ1n) is 8.60. The Morgan fingerprint density at radius 2 is 1.25 bits per heavy atom. The van der Waals surface area contributed by atoms with Gasteiger partial charge in [-0.25, -0.2) is 48.7 Å². The van der Waals surface area contributed by atoms with Crippen LogP contribution < -0.4 is 0 Å². The van der Waals surface area contributed by atoms with Crippen molar-refractivity contribution in [2.24, 2.45) is 5.41 Å². The van der Waals surface area contributed by atoms with Crippen molar-refractivity contribution in [3.05, 3.63) is 83.5 Å². The van der Waals surface area contributed by atoms with E-state index in [1.165, 1.54) is 6.92 Å². The molecule has 36 heavy (non-hydrogen) atoms. The fourth-order valence-electron chi connectivity index (χ4n) is 2.20. The van der Waals surface area contributed by atoms with Crippen LogP contribution in [0.3, 0.4) is 0 Å². The van der Waals surface area contributed by atoms with Crippen molar-refractivity contribution in [2.75, 3.05) is 0 Å². The predicted octanol–water partition coefficient (Wildman–Crippen LogP) is 5.67. The minimum Gasteiger partial charge on any atom is -0.480 e. The van der Waals surface area contributed by atoms with Gasteiger partial charge in [-0.05, 0) is 0 Å². The summed E-state index contributed by atoms with van der Waals surface area (Å²) in [7, 11) is 0. The number of halogens is 10. The Bertz CT molecular complexity index is 1130. The average Bonchev–Trinajstić information content (AvgIpc) is 2.80. The Kier molecular flexibility index (Phi) is 11.1. The van der Waals surface area contributed by atoms with E-state index in [0.29, 0.717) is 0 Å². The van der Waals surface area contributed by atoms with Crippen molar-refractivity contribution in [1.29, 1.82) is 0 Å². The van der Waals surface area contributed by atoms with Crippen LogP contribution >= 0.6 is 0 Å². The molecule has 0 saturated heterocycles. The van der Waals surface area contributed by atoms with E-state index < -0.39 is 81.5 Å². The number of carboxylic acid groups (broad SMARTS) is 2. The molecule has 1 aromatic carbocycles. The third-order valence-electron chi connectivity index (χ3n) is 3.93. The number of carboxylic acids is 2. The third kappa shape index (κ3) is 6.11. The van der Waals surface area contributed by atoms with E-state index in [4.69, 9.17) is 10.2 Å². The summed E-state index contributed by atoms with van der Waals surface area (Å²) >= 11 is 0. The van der Waals surface area contributed by atoms with Crippen LogP contribution in [0.5, 0.6) is 0 Å². The molecular weight excluding hydrogens is 526 g/mol. The van der Waals surface area contributed by atoms with Gasteiger partial charge in [-0.2, -0.15) is 0 Å². The first-order chi connectivity index (χ1) is 16.4. The van der Waals surface area contributed by atoms with Crippen molar-refractivity contribution in [3.63, 3.8) is 0 Å². The molecule has 1 aromatic rings. The summed E-state index contributed by atoms with van der Waals surface area (Å²) in [6.45, 7) is 7.28. The summed E-state index contributed by atoms with van der Waals surface area (Å²) in [6.07, 6.45) is -1.91. The van der Waals surface area contributed by atoms with Gasteiger partial charge in [-0.15, -0.1) is 6.58 Å². The van der Waals surface area contributed by atoms with E-state index in [-0.39, 0.29) is 12.0 Å². The molecule has 0 bridgehead atoms. The maximum atomic E-state index is 13.3. The van der Waals surface area contributed by atoms with E-state index in [0.717, 1.165) is 6.26 Å². The molecule has 2 rings (SSSR count). The lowest BCUT2D eigenvalue weighted by molar-refractivity contribution is -0.148. The van der Waals surface area contributed by atoms with Gasteiger partial charge in [-0.1, -0.05) is 12.7 Å². The zero-order valence-electron chi connectivity index (χ0n) is 17.5. The van der Waals surface area contributed by atoms with Gasteiger partial charge in [0.25, 0.3) is 0 Å². The number of alkyl halides is 1. The van der Waals surface area contributed by atoms with E-state index in [2.05, 4.69) is 17.9 Å². The lowest BCUT2D eigenvalue weighted by atomic mass is 9.78. The van der Waals surface area contributed by atoms with Crippen LogP contribution in [0.15, 0.2) is 48.8 Å². The highest BCUT2D eigenvalue weighted by atomic mass is 19.2. The van der Waals surface area contributed by atoms with Crippen LogP contribution in [-0.2, 0) is 14.3 Å². The quantitative estimate of drug-likeness (QED) is 0.128. The highest BCUT2D eigenvalue weighted by Crippen LogP contribution is 2.48. The predicted molar refractivity (Wildman–Crippen MR) is 98.8 cm³/mol. The van der Waals surface area contributed by atoms with Crippen LogP contribution in [0.2, 0.25) is 0 Å². The molecule has 0 fully saturated rings. The number of rotatable bonds is 4. The molecule has 0 aromatic heterocycles. The van der Waals surface area contributed by atoms with E-state index in [1.807, 2.05) is 0 Å². The highest BCUT2D eigenvalue weighted by Gasteiger charge is 2.56. The van der Waals surface area contributed by atoms with Gasteiger partial charge in [0, 0.05) is 6.92 Å². The molecule has 0 heterocycles. The van der Waals surface area contributed by atoms with Crippen molar-refractivity contribution in [3.8, 4) is 0 Å². The SMILES string of the molecule is C=CC1(C(=O)O)C(F)=C(F)C(F)=C(F)C1F.C=COC(C)=O.O=C(O)c1c(F)c(F)c(F)c(F)c1F. The second-order valence-electron chi connectivity index (χ2n) is 6.06. The number of ether oxygens (including phenoxy) is 1. The number of aromatic carboxylic acids is 1. The number of carbonyl (C=O) groups excluding carboxylic acids is 1. The molecular formula is C20H12F10O6. The van der Waals surface area contributed by atoms with Gasteiger partial charge >= 0.3 is 17.9 Å². The molecule has 2 N–H and O–H groups in total. The monoisotopic (exact) mass is 538 g/mol. The molecule has 0 saturated carbocycles. The fraction of sp³-hybridized carbons (Fsp3) is 0.150. The van der Waals surface area contributed by atoms with Crippen molar-refractivity contribution in [1.82, 2.24) is 0 Å². The summed E-state index contributed by atoms with van der Waals surface area (Å²) in [5, 5.41) is 16.7. The Hall–Kier alpha value is -4.11. The summed E-state index contributed by atoms with van der Waals surface area (Å²) in [5.41, 5.74) is -5.12. The fourth-order valence-corrected chi connectivity index (χ4v) is 2.20. The zero-order valence-corrected chi connectivity index (χ0v) is 17.5. The van der Waals surface area contributed by atoms with Crippen molar-refractivity contribution in [2.45, 2.75) is 13.1 Å². The van der Waals surface area contributed by atoms with Gasteiger partial charge in [0.1, 0.15) is 5.56 Å². The zero-order chi connectivity index (χ0) is 28.7. The number of carbonyl (C=O) groups is 3. The molecule has 0 radical (unpaired) electrons. The molecule has 6 nitrogen and oxygen atoms in total. The van der Waals surface area contributed by atoms with E-state index in [9.17, 15) is 58.3 Å². The normalized spacial score (nSPS) is 18.8. The number of hydrogen-bond acceptors (Lipinski definition) is 4. The molecule has 16 heteroatoms. The standard InChI is InChI=1S/C9H5F5O2.C7HF5O2.C4H6O2/c1-2-9(8(15)16)6(13)4(11)3(10)5(12)7(9)14;8-2-1(7(13)14)3(9)5(11)6(12)4(2)10;1-3-6-4(2)5/h2,6H,1H2,(H,15,16);(H,13,14);3H,1H2,2H3. The van der Waals surface area contributed by atoms with Gasteiger partial charge < -0.3 is 14.9 Å². The lowest BCUT2D eigenvalue weighted by Crippen LogP contribution is -2.42. The van der Waals surface area contributed by atoms with Crippen molar-refractivity contribution >= 4 is 17.9 Å².